The molecule has 0 N–H and O–H groups in total. The fourth-order valence-electron chi connectivity index (χ4n) is 0.786. The third-order valence-corrected chi connectivity index (χ3v) is 1.34. The van der Waals surface area contributed by atoms with Gasteiger partial charge in [-0.2, -0.15) is 0 Å². The second-order valence-corrected chi connectivity index (χ2v) is 2.45. The minimum absolute atomic E-state index is 0.0269. The molecule has 1 aromatic heterocycles. The van der Waals surface area contributed by atoms with Gasteiger partial charge in [-0.15, -0.1) is 0 Å². The zero-order valence-corrected chi connectivity index (χ0v) is 7.69. The molecule has 5 heteroatoms. The number of hydrogen-bond acceptors (Lipinski definition) is 5. The molecule has 0 radical (unpaired) electrons. The summed E-state index contributed by atoms with van der Waals surface area (Å²) in [4.78, 5) is 21.4. The molecule has 1 rings (SSSR count). The summed E-state index contributed by atoms with van der Waals surface area (Å²) in [5.74, 6) is -0.839. The summed E-state index contributed by atoms with van der Waals surface area (Å²) in [6, 6.07) is 3.08. The monoisotopic (exact) mass is 198 g/mol. The van der Waals surface area contributed by atoms with Crippen molar-refractivity contribution in [1.82, 2.24) is 0 Å². The molecule has 0 aromatic carbocycles. The maximum atomic E-state index is 11.1. The molecule has 0 aliphatic carbocycles. The van der Waals surface area contributed by atoms with Crippen LogP contribution in [0.2, 0.25) is 0 Å². The molecule has 0 aliphatic heterocycles. The first-order valence-electron chi connectivity index (χ1n) is 4.04. The van der Waals surface area contributed by atoms with Crippen LogP contribution < -0.4 is 0 Å². The third-order valence-electron chi connectivity index (χ3n) is 1.34. The standard InChI is InChI=1S/C9H10O5/c1-7(10)12-5-6-14-9(11)8-3-2-4-13-8/h2-4H,5-6H2,1H3. The summed E-state index contributed by atoms with van der Waals surface area (Å²) in [7, 11) is 0. The summed E-state index contributed by atoms with van der Waals surface area (Å²) in [5.41, 5.74) is 0. The van der Waals surface area contributed by atoms with Crippen molar-refractivity contribution in [2.45, 2.75) is 6.92 Å². The Balaban J connectivity index is 2.19. The maximum Gasteiger partial charge on any atom is 0.374 e. The summed E-state index contributed by atoms with van der Waals surface area (Å²) in [6.45, 7) is 1.37. The number of rotatable bonds is 4. The molecular weight excluding hydrogens is 188 g/mol. The van der Waals surface area contributed by atoms with Crippen LogP contribution >= 0.6 is 0 Å². The Morgan fingerprint density at radius 1 is 1.36 bits per heavy atom. The SMILES string of the molecule is CC(=O)OCCOC(=O)c1ccco1. The molecule has 0 saturated heterocycles. The zero-order chi connectivity index (χ0) is 10.4. The predicted molar refractivity (Wildman–Crippen MR) is 45.6 cm³/mol. The molecule has 0 amide bonds. The van der Waals surface area contributed by atoms with E-state index in [1.54, 1.807) is 6.07 Å². The van der Waals surface area contributed by atoms with Crippen LogP contribution in [0.3, 0.4) is 0 Å². The van der Waals surface area contributed by atoms with Gasteiger partial charge in [-0.05, 0) is 12.1 Å². The summed E-state index contributed by atoms with van der Waals surface area (Å²) in [5, 5.41) is 0. The molecule has 1 heterocycles. The number of esters is 2. The van der Waals surface area contributed by atoms with E-state index < -0.39 is 11.9 Å². The third kappa shape index (κ3) is 3.30. The van der Waals surface area contributed by atoms with Gasteiger partial charge in [0, 0.05) is 6.92 Å². The summed E-state index contributed by atoms with van der Waals surface area (Å²) >= 11 is 0. The lowest BCUT2D eigenvalue weighted by atomic mass is 10.5. The van der Waals surface area contributed by atoms with Gasteiger partial charge in [0.05, 0.1) is 6.26 Å². The van der Waals surface area contributed by atoms with Crippen molar-refractivity contribution in [3.63, 3.8) is 0 Å². The lowest BCUT2D eigenvalue weighted by molar-refractivity contribution is -0.142. The van der Waals surface area contributed by atoms with Crippen LogP contribution in [0.25, 0.3) is 0 Å². The minimum atomic E-state index is -0.567. The van der Waals surface area contributed by atoms with Gasteiger partial charge in [-0.1, -0.05) is 0 Å². The van der Waals surface area contributed by atoms with E-state index in [1.165, 1.54) is 19.3 Å². The second kappa shape index (κ2) is 5.06. The van der Waals surface area contributed by atoms with Crippen molar-refractivity contribution < 1.29 is 23.5 Å². The van der Waals surface area contributed by atoms with Crippen LogP contribution in [0.15, 0.2) is 22.8 Å². The molecule has 14 heavy (non-hydrogen) atoms. The smallest absolute Gasteiger partial charge is 0.374 e. The number of hydrogen-bond donors (Lipinski definition) is 0. The molecule has 0 fully saturated rings. The molecule has 0 atom stereocenters. The Labute approximate surface area is 80.6 Å². The van der Waals surface area contributed by atoms with Crippen LogP contribution in [0.1, 0.15) is 17.5 Å². The Morgan fingerprint density at radius 2 is 2.07 bits per heavy atom. The Morgan fingerprint density at radius 3 is 2.64 bits per heavy atom. The fourth-order valence-corrected chi connectivity index (χ4v) is 0.786. The highest BCUT2D eigenvalue weighted by Gasteiger charge is 2.09. The van der Waals surface area contributed by atoms with Crippen LogP contribution in [-0.4, -0.2) is 25.2 Å². The van der Waals surface area contributed by atoms with Crippen molar-refractivity contribution >= 4 is 11.9 Å². The van der Waals surface area contributed by atoms with E-state index in [2.05, 4.69) is 4.74 Å². The summed E-state index contributed by atoms with van der Waals surface area (Å²) in [6.07, 6.45) is 1.38. The second-order valence-electron chi connectivity index (χ2n) is 2.45. The van der Waals surface area contributed by atoms with Crippen molar-refractivity contribution in [3.05, 3.63) is 24.2 Å². The first kappa shape index (κ1) is 10.3. The van der Waals surface area contributed by atoms with E-state index >= 15 is 0 Å². The Hall–Kier alpha value is -1.78. The van der Waals surface area contributed by atoms with Crippen LogP contribution in [0.4, 0.5) is 0 Å². The highest BCUT2D eigenvalue weighted by Crippen LogP contribution is 2.01. The van der Waals surface area contributed by atoms with Crippen molar-refractivity contribution in [2.24, 2.45) is 0 Å². The van der Waals surface area contributed by atoms with Gasteiger partial charge >= 0.3 is 11.9 Å². The van der Waals surface area contributed by atoms with Crippen LogP contribution in [0, 0.1) is 0 Å². The first-order chi connectivity index (χ1) is 6.70. The van der Waals surface area contributed by atoms with Crippen molar-refractivity contribution in [1.29, 1.82) is 0 Å². The van der Waals surface area contributed by atoms with E-state index in [0.717, 1.165) is 0 Å². The van der Waals surface area contributed by atoms with Gasteiger partial charge in [-0.25, -0.2) is 4.79 Å². The molecule has 0 saturated carbocycles. The Bertz CT molecular complexity index is 301. The quantitative estimate of drug-likeness (QED) is 0.533. The maximum absolute atomic E-state index is 11.1. The highest BCUT2D eigenvalue weighted by molar-refractivity contribution is 5.86. The molecule has 0 aliphatic rings. The van der Waals surface area contributed by atoms with Crippen LogP contribution in [0.5, 0.6) is 0 Å². The molecule has 0 bridgehead atoms. The number of carbonyl (C=O) groups is 2. The van der Waals surface area contributed by atoms with Gasteiger partial charge in [-0.3, -0.25) is 4.79 Å². The van der Waals surface area contributed by atoms with E-state index in [-0.39, 0.29) is 19.0 Å². The van der Waals surface area contributed by atoms with Crippen LogP contribution in [-0.2, 0) is 14.3 Å². The van der Waals surface area contributed by atoms with E-state index in [1.807, 2.05) is 0 Å². The largest absolute Gasteiger partial charge is 0.462 e. The first-order valence-corrected chi connectivity index (χ1v) is 4.04. The van der Waals surface area contributed by atoms with Crippen molar-refractivity contribution in [2.75, 3.05) is 13.2 Å². The predicted octanol–water partition coefficient (Wildman–Crippen LogP) is 1.000. The van der Waals surface area contributed by atoms with Gasteiger partial charge in [0.1, 0.15) is 13.2 Å². The molecule has 76 valence electrons. The number of furan rings is 1. The number of ether oxygens (including phenoxy) is 2. The lowest BCUT2D eigenvalue weighted by Crippen LogP contribution is -2.11. The van der Waals surface area contributed by atoms with E-state index in [9.17, 15) is 9.59 Å². The average Bonchev–Trinajstić information content (AvgIpc) is 2.64. The molecular formula is C9H10O5. The lowest BCUT2D eigenvalue weighted by Gasteiger charge is -2.02. The highest BCUT2D eigenvalue weighted by atomic mass is 16.6. The topological polar surface area (TPSA) is 65.7 Å². The molecule has 0 unspecified atom stereocenters. The van der Waals surface area contributed by atoms with Crippen molar-refractivity contribution in [3.8, 4) is 0 Å². The fraction of sp³-hybridized carbons (Fsp3) is 0.333. The average molecular weight is 198 g/mol. The van der Waals surface area contributed by atoms with Gasteiger partial charge in [0.2, 0.25) is 5.76 Å². The van der Waals surface area contributed by atoms with E-state index in [0.29, 0.717) is 0 Å². The van der Waals surface area contributed by atoms with Gasteiger partial charge in [0.15, 0.2) is 0 Å². The van der Waals surface area contributed by atoms with Gasteiger partial charge in [0.25, 0.3) is 0 Å². The normalized spacial score (nSPS) is 9.50. The Kier molecular flexibility index (Phi) is 3.72. The molecule has 5 nitrogen and oxygen atoms in total. The minimum Gasteiger partial charge on any atom is -0.462 e. The van der Waals surface area contributed by atoms with Gasteiger partial charge < -0.3 is 13.9 Å². The number of carbonyl (C=O) groups excluding carboxylic acids is 2. The zero-order valence-electron chi connectivity index (χ0n) is 7.69. The molecule has 1 aromatic rings. The van der Waals surface area contributed by atoms with E-state index in [4.69, 9.17) is 9.15 Å². The molecule has 0 spiro atoms. The summed E-state index contributed by atoms with van der Waals surface area (Å²) < 4.78 is 14.1.